The average molecular weight is 486 g/mol. The molecule has 3 aromatic rings. The molecule has 1 aliphatic heterocycles. The molecule has 1 saturated carbocycles. The summed E-state index contributed by atoms with van der Waals surface area (Å²) in [6, 6.07) is 17.7. The van der Waals surface area contributed by atoms with E-state index in [9.17, 15) is 0 Å². The zero-order valence-electron chi connectivity index (χ0n) is 20.4. The predicted molar refractivity (Wildman–Crippen MR) is 147 cm³/mol. The van der Waals surface area contributed by atoms with E-state index in [0.29, 0.717) is 0 Å². The third-order valence-corrected chi connectivity index (χ3v) is 10.0. The summed E-state index contributed by atoms with van der Waals surface area (Å²) < 4.78 is 3.90. The number of nitrogens with zero attached hydrogens (tertiary/aromatic N) is 2. The number of thioether (sulfide) groups is 1. The van der Waals surface area contributed by atoms with E-state index in [1.807, 2.05) is 23.1 Å². The summed E-state index contributed by atoms with van der Waals surface area (Å²) in [6.07, 6.45) is 10.3. The van der Waals surface area contributed by atoms with Crippen LogP contribution >= 0.6 is 23.1 Å². The van der Waals surface area contributed by atoms with Crippen LogP contribution in [0.5, 0.6) is 0 Å². The van der Waals surface area contributed by atoms with E-state index in [2.05, 4.69) is 90.9 Å². The highest BCUT2D eigenvalue weighted by Gasteiger charge is 2.35. The van der Waals surface area contributed by atoms with Gasteiger partial charge in [-0.25, -0.2) is 0 Å². The molecule has 4 heteroatoms. The van der Waals surface area contributed by atoms with Gasteiger partial charge in [0.05, 0.1) is 10.7 Å². The van der Waals surface area contributed by atoms with E-state index in [1.165, 1.54) is 67.7 Å². The highest BCUT2D eigenvalue weighted by atomic mass is 32.2. The lowest BCUT2D eigenvalue weighted by molar-refractivity contribution is -0.665. The van der Waals surface area contributed by atoms with Crippen LogP contribution in [0.1, 0.15) is 51.5 Å². The lowest BCUT2D eigenvalue weighted by Gasteiger charge is -2.25. The van der Waals surface area contributed by atoms with Crippen LogP contribution in [0, 0.1) is 11.8 Å². The van der Waals surface area contributed by atoms with E-state index in [-0.39, 0.29) is 0 Å². The molecular weight excluding hydrogens is 452 g/mol. The van der Waals surface area contributed by atoms with Gasteiger partial charge in [0, 0.05) is 23.1 Å². The van der Waals surface area contributed by atoms with Crippen molar-refractivity contribution in [2.24, 2.45) is 11.8 Å². The third-order valence-electron chi connectivity index (χ3n) is 7.62. The second kappa shape index (κ2) is 9.05. The van der Waals surface area contributed by atoms with E-state index in [4.69, 9.17) is 0 Å². The molecule has 174 valence electrons. The Kier molecular flexibility index (Phi) is 5.90. The van der Waals surface area contributed by atoms with Gasteiger partial charge in [0.25, 0.3) is 5.01 Å². The maximum atomic E-state index is 2.53. The number of thiazole rings is 1. The summed E-state index contributed by atoms with van der Waals surface area (Å²) in [5, 5.41) is 2.81. The minimum Gasteiger partial charge on any atom is -0.335 e. The first-order chi connectivity index (χ1) is 16.7. The monoisotopic (exact) mass is 485 g/mol. The van der Waals surface area contributed by atoms with Crippen LogP contribution in [0.3, 0.4) is 0 Å². The highest BCUT2D eigenvalue weighted by molar-refractivity contribution is 8.03. The molecule has 2 aliphatic carbocycles. The Labute approximate surface area is 211 Å². The normalized spacial score (nSPS) is 22.9. The number of aromatic nitrogens is 1. The molecule has 0 amide bonds. The van der Waals surface area contributed by atoms with Crippen LogP contribution in [0.15, 0.2) is 81.8 Å². The Morgan fingerprint density at radius 2 is 1.82 bits per heavy atom. The van der Waals surface area contributed by atoms with Crippen molar-refractivity contribution in [1.82, 2.24) is 0 Å². The van der Waals surface area contributed by atoms with Crippen molar-refractivity contribution in [1.29, 1.82) is 0 Å². The number of allylic oxidation sites excluding steroid dienone is 5. The Bertz CT molecular complexity index is 1340. The Balaban J connectivity index is 1.42. The smallest absolute Gasteiger partial charge is 0.265 e. The highest BCUT2D eigenvalue weighted by Crippen LogP contribution is 2.49. The van der Waals surface area contributed by atoms with Gasteiger partial charge in [0.1, 0.15) is 11.2 Å². The Morgan fingerprint density at radius 3 is 2.62 bits per heavy atom. The molecule has 0 radical (unpaired) electrons. The maximum Gasteiger partial charge on any atom is 0.265 e. The molecule has 1 fully saturated rings. The number of benzene rings is 2. The van der Waals surface area contributed by atoms with Gasteiger partial charge in [-0.1, -0.05) is 53.4 Å². The number of hydrogen-bond acceptors (Lipinski definition) is 3. The zero-order valence-corrected chi connectivity index (χ0v) is 22.0. The van der Waals surface area contributed by atoms with Crippen molar-refractivity contribution in [3.63, 3.8) is 0 Å². The summed E-state index contributed by atoms with van der Waals surface area (Å²) in [7, 11) is 0. The zero-order chi connectivity index (χ0) is 23.2. The molecule has 0 bridgehead atoms. The van der Waals surface area contributed by atoms with Gasteiger partial charge in [-0.2, -0.15) is 4.57 Å². The number of aryl methyl sites for hydroxylation is 1. The van der Waals surface area contributed by atoms with Crippen LogP contribution in [-0.2, 0) is 6.54 Å². The Morgan fingerprint density at radius 1 is 1.03 bits per heavy atom. The molecule has 0 spiro atoms. The topological polar surface area (TPSA) is 7.12 Å². The molecule has 1 unspecified atom stereocenters. The van der Waals surface area contributed by atoms with Crippen molar-refractivity contribution >= 4 is 44.6 Å². The number of fused-ring (bicyclic) bond motifs is 2. The average Bonchev–Trinajstić information content (AvgIpc) is 3.56. The lowest BCUT2D eigenvalue weighted by Crippen LogP contribution is -2.34. The predicted octanol–water partition coefficient (Wildman–Crippen LogP) is 8.20. The SMILES string of the molecule is CCN1/C(=C/C2=CC(=C(\C)c3sc4ccccc4[n+]3CC)/CC(C3CC3)C2)Sc2ccccc21. The van der Waals surface area contributed by atoms with Crippen LogP contribution in [0.4, 0.5) is 5.69 Å². The van der Waals surface area contributed by atoms with Crippen molar-refractivity contribution in [3.8, 4) is 0 Å². The number of rotatable bonds is 5. The molecule has 1 atom stereocenters. The molecule has 0 saturated heterocycles. The second-order valence-electron chi connectivity index (χ2n) is 9.79. The fourth-order valence-electron chi connectivity index (χ4n) is 5.67. The van der Waals surface area contributed by atoms with Gasteiger partial charge >= 0.3 is 0 Å². The third kappa shape index (κ3) is 3.95. The van der Waals surface area contributed by atoms with Crippen LogP contribution in [0.25, 0.3) is 15.8 Å². The summed E-state index contributed by atoms with van der Waals surface area (Å²) in [5.41, 5.74) is 7.25. The number of para-hydroxylation sites is 2. The minimum atomic E-state index is 0.787. The summed E-state index contributed by atoms with van der Waals surface area (Å²) in [4.78, 5) is 3.86. The summed E-state index contributed by atoms with van der Waals surface area (Å²) in [6.45, 7) is 8.92. The maximum absolute atomic E-state index is 2.53. The fraction of sp³-hybridized carbons (Fsp3) is 0.367. The van der Waals surface area contributed by atoms with E-state index in [0.717, 1.165) is 24.9 Å². The summed E-state index contributed by atoms with van der Waals surface area (Å²) in [5.74, 6) is 1.71. The van der Waals surface area contributed by atoms with E-state index in [1.54, 1.807) is 5.57 Å². The quantitative estimate of drug-likeness (QED) is 0.336. The Hall–Kier alpha value is -2.30. The van der Waals surface area contributed by atoms with Crippen molar-refractivity contribution in [2.45, 2.75) is 57.9 Å². The molecule has 0 N–H and O–H groups in total. The second-order valence-corrected chi connectivity index (χ2v) is 11.9. The van der Waals surface area contributed by atoms with Gasteiger partial charge in [-0.05, 0) is 93.7 Å². The van der Waals surface area contributed by atoms with Gasteiger partial charge in [0.2, 0.25) is 5.52 Å². The lowest BCUT2D eigenvalue weighted by atomic mass is 9.81. The minimum absolute atomic E-state index is 0.787. The van der Waals surface area contributed by atoms with Crippen LogP contribution < -0.4 is 9.47 Å². The molecule has 3 aliphatic rings. The molecule has 34 heavy (non-hydrogen) atoms. The molecular formula is C30H33N2S2+. The van der Waals surface area contributed by atoms with Gasteiger partial charge < -0.3 is 4.90 Å². The fourth-order valence-corrected chi connectivity index (χ4v) is 8.13. The van der Waals surface area contributed by atoms with Gasteiger partial charge in [0.15, 0.2) is 0 Å². The van der Waals surface area contributed by atoms with Crippen LogP contribution in [0.2, 0.25) is 0 Å². The molecule has 2 heterocycles. The van der Waals surface area contributed by atoms with Crippen molar-refractivity contribution in [3.05, 3.63) is 81.9 Å². The molecule has 2 nitrogen and oxygen atoms in total. The first-order valence-corrected chi connectivity index (χ1v) is 14.4. The first kappa shape index (κ1) is 22.2. The van der Waals surface area contributed by atoms with Crippen molar-refractivity contribution < 1.29 is 4.57 Å². The molecule has 1 aromatic heterocycles. The molecule has 2 aromatic carbocycles. The van der Waals surface area contributed by atoms with Crippen LogP contribution in [-0.4, -0.2) is 6.54 Å². The van der Waals surface area contributed by atoms with Gasteiger partial charge in [-0.15, -0.1) is 0 Å². The number of anilines is 1. The van der Waals surface area contributed by atoms with Gasteiger partial charge in [-0.3, -0.25) is 0 Å². The van der Waals surface area contributed by atoms with E-state index < -0.39 is 0 Å². The number of hydrogen-bond donors (Lipinski definition) is 0. The largest absolute Gasteiger partial charge is 0.335 e. The first-order valence-electron chi connectivity index (χ1n) is 12.7. The van der Waals surface area contributed by atoms with E-state index >= 15 is 0 Å². The standard InChI is InChI=1S/C30H33N2S2/c1-4-31-25-10-6-8-12-27(25)33-29(31)18-21-16-23(19-24(17-21)22-14-15-22)20(3)30-32(5-2)26-11-7-9-13-28(26)34-30/h6-13,16,18,22,24H,4-5,14-15,17,19H2,1-3H3/q+1. The summed E-state index contributed by atoms with van der Waals surface area (Å²) >= 11 is 3.88. The molecule has 6 rings (SSSR count). The van der Waals surface area contributed by atoms with Crippen molar-refractivity contribution in [2.75, 3.05) is 11.4 Å².